The van der Waals surface area contributed by atoms with E-state index in [0.29, 0.717) is 24.8 Å². The number of hydrogen-bond acceptors (Lipinski definition) is 3. The number of alkyl halides is 3. The number of aromatic nitrogens is 1. The number of sulfone groups is 1. The molecular formula is C23H21F4NO4S. The molecule has 176 valence electrons. The van der Waals surface area contributed by atoms with E-state index in [0.717, 1.165) is 23.0 Å². The second kappa shape index (κ2) is 8.16. The first-order valence-corrected chi connectivity index (χ1v) is 12.2. The van der Waals surface area contributed by atoms with E-state index >= 15 is 0 Å². The summed E-state index contributed by atoms with van der Waals surface area (Å²) in [4.78, 5) is 11.0. The zero-order chi connectivity index (χ0) is 24.1. The third-order valence-electron chi connectivity index (χ3n) is 6.04. The summed E-state index contributed by atoms with van der Waals surface area (Å²) in [6.45, 7) is 0. The van der Waals surface area contributed by atoms with Gasteiger partial charge in [-0.15, -0.1) is 0 Å². The predicted molar refractivity (Wildman–Crippen MR) is 114 cm³/mol. The van der Waals surface area contributed by atoms with Gasteiger partial charge in [0.15, 0.2) is 15.9 Å². The molecular weight excluding hydrogens is 462 g/mol. The van der Waals surface area contributed by atoms with Crippen LogP contribution in [0.4, 0.5) is 17.6 Å². The number of fused-ring (bicyclic) bond motifs is 3. The number of benzene rings is 2. The number of hydrogen-bond donors (Lipinski definition) is 1. The minimum absolute atomic E-state index is 0.0747. The largest absolute Gasteiger partial charge is 0.481 e. The number of carbonyl (C=O) groups is 1. The maximum atomic E-state index is 14.6. The summed E-state index contributed by atoms with van der Waals surface area (Å²) < 4.78 is 84.4. The van der Waals surface area contributed by atoms with Gasteiger partial charge in [0.25, 0.3) is 0 Å². The molecule has 0 saturated heterocycles. The van der Waals surface area contributed by atoms with Crippen molar-refractivity contribution in [2.24, 2.45) is 0 Å². The van der Waals surface area contributed by atoms with Crippen LogP contribution in [0.2, 0.25) is 0 Å². The van der Waals surface area contributed by atoms with Crippen LogP contribution in [-0.2, 0) is 21.1 Å². The molecule has 0 fully saturated rings. The average molecular weight is 483 g/mol. The maximum absolute atomic E-state index is 14.6. The lowest BCUT2D eigenvalue weighted by Crippen LogP contribution is -2.31. The fourth-order valence-corrected chi connectivity index (χ4v) is 5.79. The first kappa shape index (κ1) is 23.3. The molecule has 2 atom stereocenters. The maximum Gasteiger partial charge on any atom is 0.413 e. The molecule has 1 heterocycles. The summed E-state index contributed by atoms with van der Waals surface area (Å²) in [7, 11) is -4.12. The molecule has 0 radical (unpaired) electrons. The number of carboxylic acids is 1. The Labute approximate surface area is 187 Å². The molecule has 4 rings (SSSR count). The Hall–Kier alpha value is -2.88. The van der Waals surface area contributed by atoms with Gasteiger partial charge in [-0.05, 0) is 42.5 Å². The molecule has 1 aromatic heterocycles. The van der Waals surface area contributed by atoms with Crippen molar-refractivity contribution < 1.29 is 35.9 Å². The summed E-state index contributed by atoms with van der Waals surface area (Å²) in [5.41, 5.74) is 0.109. The van der Waals surface area contributed by atoms with E-state index in [2.05, 4.69) is 0 Å². The molecule has 0 bridgehead atoms. The van der Waals surface area contributed by atoms with Crippen molar-refractivity contribution in [3.8, 4) is 0 Å². The summed E-state index contributed by atoms with van der Waals surface area (Å²) >= 11 is 0. The van der Waals surface area contributed by atoms with E-state index in [1.807, 2.05) is 0 Å². The van der Waals surface area contributed by atoms with Crippen molar-refractivity contribution in [3.63, 3.8) is 0 Å². The van der Waals surface area contributed by atoms with Crippen LogP contribution in [0.1, 0.15) is 48.0 Å². The third kappa shape index (κ3) is 4.23. The number of nitrogens with zero attached hydrogens (tertiary/aromatic N) is 1. The molecule has 0 saturated carbocycles. The zero-order valence-corrected chi connectivity index (χ0v) is 18.4. The van der Waals surface area contributed by atoms with E-state index in [9.17, 15) is 35.9 Å². The van der Waals surface area contributed by atoms with Crippen molar-refractivity contribution >= 4 is 26.7 Å². The second-order valence-corrected chi connectivity index (χ2v) is 10.3. The lowest BCUT2D eigenvalue weighted by Gasteiger charge is -2.30. The summed E-state index contributed by atoms with van der Waals surface area (Å²) in [6, 6.07) is 6.51. The molecule has 1 aliphatic rings. The SMILES string of the molecule is CS(=O)(=O)c1cc(F)cc2c3c(n([C@H](c4ccccc4)C(F)(F)F)c12)[C@@H](CC(=O)O)CCC3. The van der Waals surface area contributed by atoms with Gasteiger partial charge < -0.3 is 9.67 Å². The number of carboxylic acid groups (broad SMARTS) is 1. The van der Waals surface area contributed by atoms with Crippen LogP contribution in [0.3, 0.4) is 0 Å². The van der Waals surface area contributed by atoms with Gasteiger partial charge in [-0.3, -0.25) is 4.79 Å². The number of rotatable bonds is 5. The molecule has 0 aliphatic heterocycles. The molecule has 10 heteroatoms. The van der Waals surface area contributed by atoms with Crippen molar-refractivity contribution in [2.45, 2.75) is 48.7 Å². The number of aryl methyl sites for hydroxylation is 1. The van der Waals surface area contributed by atoms with Crippen molar-refractivity contribution in [3.05, 3.63) is 65.1 Å². The van der Waals surface area contributed by atoms with Crippen LogP contribution in [-0.4, -0.2) is 36.5 Å². The molecule has 0 spiro atoms. The molecule has 0 unspecified atom stereocenters. The average Bonchev–Trinajstić information content (AvgIpc) is 3.01. The molecule has 1 aliphatic carbocycles. The molecule has 0 amide bonds. The van der Waals surface area contributed by atoms with E-state index in [4.69, 9.17) is 0 Å². The Morgan fingerprint density at radius 3 is 2.45 bits per heavy atom. The lowest BCUT2D eigenvalue weighted by atomic mass is 9.84. The normalized spacial score (nSPS) is 17.7. The Morgan fingerprint density at radius 2 is 1.88 bits per heavy atom. The minimum Gasteiger partial charge on any atom is -0.481 e. The topological polar surface area (TPSA) is 76.4 Å². The summed E-state index contributed by atoms with van der Waals surface area (Å²) in [5.74, 6) is -2.84. The Bertz CT molecular complexity index is 1330. The molecule has 2 aromatic carbocycles. The highest BCUT2D eigenvalue weighted by Crippen LogP contribution is 2.48. The molecule has 33 heavy (non-hydrogen) atoms. The Morgan fingerprint density at radius 1 is 1.21 bits per heavy atom. The molecule has 5 nitrogen and oxygen atoms in total. The highest BCUT2D eigenvalue weighted by atomic mass is 32.2. The van der Waals surface area contributed by atoms with E-state index < -0.39 is 51.1 Å². The van der Waals surface area contributed by atoms with E-state index in [1.54, 1.807) is 6.07 Å². The van der Waals surface area contributed by atoms with Gasteiger partial charge in [0, 0.05) is 23.3 Å². The highest BCUT2D eigenvalue weighted by molar-refractivity contribution is 7.91. The summed E-state index contributed by atoms with van der Waals surface area (Å²) in [6.07, 6.45) is -3.32. The number of aliphatic carboxylic acids is 1. The van der Waals surface area contributed by atoms with Gasteiger partial charge >= 0.3 is 12.1 Å². The molecule has 3 aromatic rings. The Balaban J connectivity index is 2.21. The summed E-state index contributed by atoms with van der Waals surface area (Å²) in [5, 5.41) is 9.49. The fraction of sp³-hybridized carbons (Fsp3) is 0.348. The smallest absolute Gasteiger partial charge is 0.413 e. The van der Waals surface area contributed by atoms with Gasteiger partial charge in [-0.2, -0.15) is 13.2 Å². The molecule has 1 N–H and O–H groups in total. The quantitative estimate of drug-likeness (QED) is 0.504. The van der Waals surface area contributed by atoms with Crippen LogP contribution in [0.5, 0.6) is 0 Å². The lowest BCUT2D eigenvalue weighted by molar-refractivity contribution is -0.156. The standard InChI is InChI=1S/C23H21F4NO4S/c1-33(31,32)18-12-15(24)11-17-16-9-5-8-14(10-19(29)30)20(16)28(21(17)18)22(23(25,26)27)13-6-3-2-4-7-13/h2-4,6-7,11-12,14,22H,5,8-10H2,1H3,(H,29,30)/t14-,22-/m1/s1. The van der Waals surface area contributed by atoms with Gasteiger partial charge in [0.1, 0.15) is 5.82 Å². The van der Waals surface area contributed by atoms with Crippen LogP contribution in [0.25, 0.3) is 10.9 Å². The van der Waals surface area contributed by atoms with E-state index in [-0.39, 0.29) is 22.2 Å². The van der Waals surface area contributed by atoms with Crippen molar-refractivity contribution in [2.75, 3.05) is 6.26 Å². The monoisotopic (exact) mass is 483 g/mol. The van der Waals surface area contributed by atoms with E-state index in [1.165, 1.54) is 24.3 Å². The van der Waals surface area contributed by atoms with Crippen LogP contribution >= 0.6 is 0 Å². The fourth-order valence-electron chi connectivity index (χ4n) is 4.90. The Kier molecular flexibility index (Phi) is 5.76. The van der Waals surface area contributed by atoms with Crippen LogP contribution in [0, 0.1) is 5.82 Å². The first-order valence-electron chi connectivity index (χ1n) is 10.3. The van der Waals surface area contributed by atoms with Crippen LogP contribution in [0.15, 0.2) is 47.4 Å². The van der Waals surface area contributed by atoms with Crippen molar-refractivity contribution in [1.82, 2.24) is 4.57 Å². The predicted octanol–water partition coefficient (Wildman–Crippen LogP) is 5.23. The third-order valence-corrected chi connectivity index (χ3v) is 7.15. The minimum atomic E-state index is -4.84. The highest BCUT2D eigenvalue weighted by Gasteiger charge is 2.46. The van der Waals surface area contributed by atoms with Crippen LogP contribution < -0.4 is 0 Å². The van der Waals surface area contributed by atoms with Crippen molar-refractivity contribution in [1.29, 1.82) is 0 Å². The van der Waals surface area contributed by atoms with Gasteiger partial charge in [-0.1, -0.05) is 30.3 Å². The zero-order valence-electron chi connectivity index (χ0n) is 17.6. The van der Waals surface area contributed by atoms with Gasteiger partial charge in [-0.25, -0.2) is 12.8 Å². The first-order chi connectivity index (χ1) is 15.4. The number of halogens is 4. The van der Waals surface area contributed by atoms with Gasteiger partial charge in [0.05, 0.1) is 16.8 Å². The second-order valence-electron chi connectivity index (χ2n) is 8.35. The van der Waals surface area contributed by atoms with Gasteiger partial charge in [0.2, 0.25) is 0 Å².